The van der Waals surface area contributed by atoms with Gasteiger partial charge >= 0.3 is 40.0 Å². The van der Waals surface area contributed by atoms with E-state index < -0.39 is 10.4 Å². The summed E-state index contributed by atoms with van der Waals surface area (Å²) in [7, 11) is -4.67. The number of rotatable bonds is 0. The van der Waals surface area contributed by atoms with Crippen LogP contribution in [0.4, 0.5) is 0 Å². The standard InChI is InChI=1S/ClH.H3NO.Na.H2O4S.H/c;1-2;;1-5(2,3)4;/h1H;2H,1H2;;(H2,1,2,3,4);. The third-order valence-corrected chi connectivity index (χ3v) is 0. The zero-order valence-corrected chi connectivity index (χ0v) is 5.18. The molecular weight excluding hydrogens is 185 g/mol. The van der Waals surface area contributed by atoms with Crippen molar-refractivity contribution in [1.29, 1.82) is 0 Å². The summed E-state index contributed by atoms with van der Waals surface area (Å²) >= 11 is 0. The number of nitrogens with two attached hydrogens (primary N) is 1. The molecule has 0 fully saturated rings. The summed E-state index contributed by atoms with van der Waals surface area (Å²) in [4.78, 5) is 0. The van der Waals surface area contributed by atoms with Crippen molar-refractivity contribution in [3.8, 4) is 0 Å². The van der Waals surface area contributed by atoms with E-state index >= 15 is 0 Å². The van der Waals surface area contributed by atoms with Crippen molar-refractivity contribution in [1.82, 2.24) is 0 Å². The second-order valence-corrected chi connectivity index (χ2v) is 1.34. The fraction of sp³-hybridized carbons (Fsp3) is 0. The molecular formula is H7ClNNaO5S. The molecule has 0 radical (unpaired) electrons. The summed E-state index contributed by atoms with van der Waals surface area (Å²) in [6.45, 7) is 0. The Morgan fingerprint density at radius 1 is 1.11 bits per heavy atom. The van der Waals surface area contributed by atoms with Gasteiger partial charge in [0.25, 0.3) is 0 Å². The van der Waals surface area contributed by atoms with Gasteiger partial charge in [-0.05, 0) is 0 Å². The van der Waals surface area contributed by atoms with Crippen LogP contribution in [0.5, 0.6) is 0 Å². The summed E-state index contributed by atoms with van der Waals surface area (Å²) in [5, 5.41) is 6.50. The van der Waals surface area contributed by atoms with E-state index in [2.05, 4.69) is 5.90 Å². The van der Waals surface area contributed by atoms with Crippen LogP contribution in [-0.4, -0.2) is 52.3 Å². The fourth-order valence-electron chi connectivity index (χ4n) is 0. The van der Waals surface area contributed by atoms with Crippen LogP contribution in [-0.2, 0) is 10.4 Å². The first-order valence-electron chi connectivity index (χ1n) is 0.957. The molecule has 0 aliphatic heterocycles. The van der Waals surface area contributed by atoms with E-state index in [9.17, 15) is 0 Å². The normalized spacial score (nSPS) is 7.11. The summed E-state index contributed by atoms with van der Waals surface area (Å²) in [6, 6.07) is 0. The summed E-state index contributed by atoms with van der Waals surface area (Å²) in [5.74, 6) is 3.50. The topological polar surface area (TPSA) is 121 Å². The monoisotopic (exact) mass is 191 g/mol. The van der Waals surface area contributed by atoms with Crippen molar-refractivity contribution in [3.05, 3.63) is 0 Å². The molecule has 0 aromatic heterocycles. The Labute approximate surface area is 80.7 Å². The first-order chi connectivity index (χ1) is 3.00. The number of hydrogen-bond donors (Lipinski definition) is 4. The van der Waals surface area contributed by atoms with Gasteiger partial charge in [-0.2, -0.15) is 8.42 Å². The van der Waals surface area contributed by atoms with Crippen LogP contribution >= 0.6 is 12.4 Å². The molecule has 0 bridgehead atoms. The fourth-order valence-corrected chi connectivity index (χ4v) is 0. The minimum atomic E-state index is -4.67. The van der Waals surface area contributed by atoms with E-state index in [0.717, 1.165) is 0 Å². The molecule has 0 unspecified atom stereocenters. The first-order valence-corrected chi connectivity index (χ1v) is 2.35. The quantitative estimate of drug-likeness (QED) is 0.209. The van der Waals surface area contributed by atoms with Gasteiger partial charge < -0.3 is 5.21 Å². The molecule has 5 N–H and O–H groups in total. The van der Waals surface area contributed by atoms with Crippen molar-refractivity contribution >= 4 is 52.4 Å². The van der Waals surface area contributed by atoms with E-state index in [1.54, 1.807) is 0 Å². The second kappa shape index (κ2) is 11.8. The molecule has 6 nitrogen and oxygen atoms in total. The molecule has 0 aromatic rings. The molecule has 9 heteroatoms. The predicted molar refractivity (Wildman–Crippen MR) is 34.5 cm³/mol. The van der Waals surface area contributed by atoms with Gasteiger partial charge in [-0.3, -0.25) is 9.11 Å². The molecule has 0 saturated carbocycles. The van der Waals surface area contributed by atoms with E-state index in [1.807, 2.05) is 0 Å². The van der Waals surface area contributed by atoms with Gasteiger partial charge in [0.15, 0.2) is 0 Å². The molecule has 56 valence electrons. The maximum atomic E-state index is 8.74. The average molecular weight is 192 g/mol. The van der Waals surface area contributed by atoms with E-state index in [1.165, 1.54) is 0 Å². The Morgan fingerprint density at radius 3 is 1.11 bits per heavy atom. The van der Waals surface area contributed by atoms with Gasteiger partial charge in [0.05, 0.1) is 0 Å². The number of hydrogen-bond acceptors (Lipinski definition) is 4. The Bertz CT molecular complexity index is 100. The van der Waals surface area contributed by atoms with E-state index in [4.69, 9.17) is 22.7 Å². The predicted octanol–water partition coefficient (Wildman–Crippen LogP) is -1.55. The van der Waals surface area contributed by atoms with Crippen LogP contribution in [0.25, 0.3) is 0 Å². The molecule has 0 aromatic carbocycles. The van der Waals surface area contributed by atoms with Crippen LogP contribution in [0.2, 0.25) is 0 Å². The molecule has 0 atom stereocenters. The van der Waals surface area contributed by atoms with Crippen molar-refractivity contribution in [2.45, 2.75) is 0 Å². The number of halogens is 1. The molecule has 0 rings (SSSR count). The zero-order valence-electron chi connectivity index (χ0n) is 3.55. The Kier molecular flexibility index (Phi) is 29.5. The summed E-state index contributed by atoms with van der Waals surface area (Å²) < 4.78 is 31.6. The van der Waals surface area contributed by atoms with Crippen LogP contribution in [0.15, 0.2) is 0 Å². The molecule has 0 amide bonds. The molecule has 9 heavy (non-hydrogen) atoms. The Hall–Kier alpha value is 1.08. The van der Waals surface area contributed by atoms with Crippen LogP contribution in [0, 0.1) is 0 Å². The van der Waals surface area contributed by atoms with Crippen LogP contribution in [0.3, 0.4) is 0 Å². The molecule has 0 aliphatic rings. The average Bonchev–Trinajstić information content (AvgIpc) is 1.36. The van der Waals surface area contributed by atoms with Crippen molar-refractivity contribution in [3.63, 3.8) is 0 Å². The van der Waals surface area contributed by atoms with Crippen molar-refractivity contribution in [2.24, 2.45) is 5.90 Å². The van der Waals surface area contributed by atoms with Gasteiger partial charge in [0.2, 0.25) is 0 Å². The van der Waals surface area contributed by atoms with E-state index in [-0.39, 0.29) is 42.0 Å². The SMILES string of the molecule is Cl.NO.O=S(=O)(O)O.[NaH]. The molecule has 0 spiro atoms. The molecule has 0 aliphatic carbocycles. The first kappa shape index (κ1) is 22.5. The summed E-state index contributed by atoms with van der Waals surface area (Å²) in [6.07, 6.45) is 0. The van der Waals surface area contributed by atoms with Crippen molar-refractivity contribution < 1.29 is 22.7 Å². The molecule has 0 saturated heterocycles. The summed E-state index contributed by atoms with van der Waals surface area (Å²) in [5.41, 5.74) is 0. The minimum absolute atomic E-state index is 0. The maximum absolute atomic E-state index is 8.74. The van der Waals surface area contributed by atoms with Crippen LogP contribution < -0.4 is 5.90 Å². The van der Waals surface area contributed by atoms with E-state index in [0.29, 0.717) is 0 Å². The van der Waals surface area contributed by atoms with Gasteiger partial charge in [-0.15, -0.1) is 12.4 Å². The van der Waals surface area contributed by atoms with Crippen molar-refractivity contribution in [2.75, 3.05) is 0 Å². The Balaban J connectivity index is -0.0000000286. The van der Waals surface area contributed by atoms with Gasteiger partial charge in [0.1, 0.15) is 0 Å². The van der Waals surface area contributed by atoms with Gasteiger partial charge in [-0.25, -0.2) is 5.90 Å². The zero-order chi connectivity index (χ0) is 6.50. The third-order valence-electron chi connectivity index (χ3n) is 0. The van der Waals surface area contributed by atoms with Gasteiger partial charge in [0, 0.05) is 0 Å². The second-order valence-electron chi connectivity index (χ2n) is 0.448. The Morgan fingerprint density at radius 2 is 1.11 bits per heavy atom. The van der Waals surface area contributed by atoms with Crippen LogP contribution in [0.1, 0.15) is 0 Å². The van der Waals surface area contributed by atoms with Gasteiger partial charge in [-0.1, -0.05) is 0 Å². The molecule has 0 heterocycles. The third kappa shape index (κ3) is 390.